The van der Waals surface area contributed by atoms with Gasteiger partial charge >= 0.3 is 5.97 Å². The third-order valence-electron chi connectivity index (χ3n) is 2.37. The average Bonchev–Trinajstić information content (AvgIpc) is 2.34. The Morgan fingerprint density at radius 3 is 2.40 bits per heavy atom. The van der Waals surface area contributed by atoms with Gasteiger partial charge in [-0.2, -0.15) is 0 Å². The summed E-state index contributed by atoms with van der Waals surface area (Å²) in [6, 6.07) is 6.09. The molecule has 2 N–H and O–H groups in total. The van der Waals surface area contributed by atoms with Crippen LogP contribution in [0.5, 0.6) is 5.75 Å². The van der Waals surface area contributed by atoms with Gasteiger partial charge in [0.05, 0.1) is 11.0 Å². The second kappa shape index (κ2) is 7.25. The Bertz CT molecular complexity index is 536. The van der Waals surface area contributed by atoms with E-state index in [-0.39, 0.29) is 30.4 Å². The van der Waals surface area contributed by atoms with Gasteiger partial charge in [-0.3, -0.25) is 4.79 Å². The molecule has 0 saturated heterocycles. The van der Waals surface area contributed by atoms with Crippen molar-refractivity contribution in [3.8, 4) is 5.75 Å². The lowest BCUT2D eigenvalue weighted by atomic mass is 10.3. The molecule has 0 spiro atoms. The zero-order valence-electron chi connectivity index (χ0n) is 11.5. The van der Waals surface area contributed by atoms with Crippen LogP contribution in [0.3, 0.4) is 0 Å². The molecule has 0 fully saturated rings. The largest absolute Gasteiger partial charge is 0.491 e. The highest BCUT2D eigenvalue weighted by atomic mass is 32.2. The molecule has 0 unspecified atom stereocenters. The fourth-order valence-electron chi connectivity index (χ4n) is 1.50. The Morgan fingerprint density at radius 2 is 1.90 bits per heavy atom. The standard InChI is InChI=1S/C13H19NO5S/c1-10(2)19-11-5-7-12(8-6-11)20(17,18)14-9-3-4-13(15)16/h5-8,10,14H,3-4,9H2,1-2H3,(H,15,16). The van der Waals surface area contributed by atoms with E-state index in [1.54, 1.807) is 12.1 Å². The number of ether oxygens (including phenoxy) is 1. The normalized spacial score (nSPS) is 11.6. The fourth-order valence-corrected chi connectivity index (χ4v) is 2.57. The number of aliphatic carboxylic acids is 1. The first-order valence-corrected chi connectivity index (χ1v) is 7.78. The van der Waals surface area contributed by atoms with Gasteiger partial charge < -0.3 is 9.84 Å². The molecule has 0 amide bonds. The van der Waals surface area contributed by atoms with Crippen LogP contribution in [0.2, 0.25) is 0 Å². The molecule has 20 heavy (non-hydrogen) atoms. The van der Waals surface area contributed by atoms with E-state index in [1.165, 1.54) is 12.1 Å². The van der Waals surface area contributed by atoms with Gasteiger partial charge in [-0.15, -0.1) is 0 Å². The topological polar surface area (TPSA) is 92.7 Å². The lowest BCUT2D eigenvalue weighted by Crippen LogP contribution is -2.25. The minimum atomic E-state index is -3.60. The molecule has 0 radical (unpaired) electrons. The molecule has 0 aliphatic rings. The van der Waals surface area contributed by atoms with E-state index < -0.39 is 16.0 Å². The number of hydrogen-bond donors (Lipinski definition) is 2. The molecule has 0 aliphatic carbocycles. The summed E-state index contributed by atoms with van der Waals surface area (Å²) in [5.74, 6) is -0.343. The van der Waals surface area contributed by atoms with Crippen LogP contribution in [0.1, 0.15) is 26.7 Å². The van der Waals surface area contributed by atoms with Gasteiger partial charge in [0.25, 0.3) is 0 Å². The first-order valence-electron chi connectivity index (χ1n) is 6.29. The second-order valence-electron chi connectivity index (χ2n) is 4.53. The summed E-state index contributed by atoms with van der Waals surface area (Å²) >= 11 is 0. The molecule has 0 atom stereocenters. The molecule has 0 aliphatic heterocycles. The molecule has 0 aromatic heterocycles. The molecule has 0 saturated carbocycles. The monoisotopic (exact) mass is 301 g/mol. The summed E-state index contributed by atoms with van der Waals surface area (Å²) in [6.45, 7) is 3.86. The van der Waals surface area contributed by atoms with Crippen LogP contribution in [0, 0.1) is 0 Å². The van der Waals surface area contributed by atoms with Gasteiger partial charge in [0.1, 0.15) is 5.75 Å². The third-order valence-corrected chi connectivity index (χ3v) is 3.84. The van der Waals surface area contributed by atoms with Gasteiger partial charge in [-0.1, -0.05) is 0 Å². The summed E-state index contributed by atoms with van der Waals surface area (Å²) < 4.78 is 31.6. The number of benzene rings is 1. The molecule has 1 rings (SSSR count). The average molecular weight is 301 g/mol. The predicted octanol–water partition coefficient (Wildman–Crippen LogP) is 1.62. The molecule has 6 nitrogen and oxygen atoms in total. The van der Waals surface area contributed by atoms with Gasteiger partial charge in [0.2, 0.25) is 10.0 Å². The van der Waals surface area contributed by atoms with Crippen molar-refractivity contribution in [1.29, 1.82) is 0 Å². The van der Waals surface area contributed by atoms with Crippen LogP contribution in [-0.4, -0.2) is 32.1 Å². The lowest BCUT2D eigenvalue weighted by Gasteiger charge is -2.10. The Labute approximate surface area is 118 Å². The van der Waals surface area contributed by atoms with Crippen molar-refractivity contribution in [2.45, 2.75) is 37.7 Å². The van der Waals surface area contributed by atoms with E-state index >= 15 is 0 Å². The van der Waals surface area contributed by atoms with Crippen LogP contribution in [0.4, 0.5) is 0 Å². The Hall–Kier alpha value is -1.60. The summed E-state index contributed by atoms with van der Waals surface area (Å²) in [6.07, 6.45) is 0.207. The van der Waals surface area contributed by atoms with Crippen molar-refractivity contribution < 1.29 is 23.1 Å². The lowest BCUT2D eigenvalue weighted by molar-refractivity contribution is -0.137. The highest BCUT2D eigenvalue weighted by molar-refractivity contribution is 7.89. The van der Waals surface area contributed by atoms with E-state index in [1.807, 2.05) is 13.8 Å². The van der Waals surface area contributed by atoms with Crippen molar-refractivity contribution in [2.75, 3.05) is 6.54 Å². The maximum atomic E-state index is 11.9. The summed E-state index contributed by atoms with van der Waals surface area (Å²) in [5, 5.41) is 8.47. The van der Waals surface area contributed by atoms with E-state index in [4.69, 9.17) is 9.84 Å². The molecule has 1 aromatic rings. The number of hydrogen-bond acceptors (Lipinski definition) is 4. The molecule has 0 bridgehead atoms. The molecular weight excluding hydrogens is 282 g/mol. The Balaban J connectivity index is 2.61. The van der Waals surface area contributed by atoms with E-state index in [0.29, 0.717) is 5.75 Å². The zero-order valence-corrected chi connectivity index (χ0v) is 12.3. The highest BCUT2D eigenvalue weighted by Gasteiger charge is 2.13. The first-order chi connectivity index (χ1) is 9.31. The van der Waals surface area contributed by atoms with Crippen molar-refractivity contribution in [1.82, 2.24) is 4.72 Å². The smallest absolute Gasteiger partial charge is 0.303 e. The zero-order chi connectivity index (χ0) is 15.2. The number of carboxylic acids is 1. The number of nitrogens with one attached hydrogen (secondary N) is 1. The van der Waals surface area contributed by atoms with E-state index in [9.17, 15) is 13.2 Å². The number of sulfonamides is 1. The summed E-state index contributed by atoms with van der Waals surface area (Å²) in [7, 11) is -3.60. The first kappa shape index (κ1) is 16.5. The van der Waals surface area contributed by atoms with Crippen molar-refractivity contribution in [3.05, 3.63) is 24.3 Å². The van der Waals surface area contributed by atoms with Crippen LogP contribution in [0.25, 0.3) is 0 Å². The minimum absolute atomic E-state index is 0.0200. The van der Waals surface area contributed by atoms with Crippen molar-refractivity contribution >= 4 is 16.0 Å². The maximum Gasteiger partial charge on any atom is 0.303 e. The number of rotatable bonds is 8. The van der Waals surface area contributed by atoms with Crippen LogP contribution in [0.15, 0.2) is 29.2 Å². The summed E-state index contributed by atoms with van der Waals surface area (Å²) in [4.78, 5) is 10.5. The molecule has 1 aromatic carbocycles. The molecule has 7 heteroatoms. The van der Waals surface area contributed by atoms with Gasteiger partial charge in [-0.25, -0.2) is 13.1 Å². The number of carboxylic acid groups (broad SMARTS) is 1. The SMILES string of the molecule is CC(C)Oc1ccc(S(=O)(=O)NCCCC(=O)O)cc1. The quantitative estimate of drug-likeness (QED) is 0.712. The van der Waals surface area contributed by atoms with Crippen molar-refractivity contribution in [2.24, 2.45) is 0 Å². The molecular formula is C13H19NO5S. The van der Waals surface area contributed by atoms with Gasteiger partial charge in [0, 0.05) is 13.0 Å². The Morgan fingerprint density at radius 1 is 1.30 bits per heavy atom. The van der Waals surface area contributed by atoms with E-state index in [2.05, 4.69) is 4.72 Å². The summed E-state index contributed by atoms with van der Waals surface area (Å²) in [5.41, 5.74) is 0. The van der Waals surface area contributed by atoms with Crippen LogP contribution < -0.4 is 9.46 Å². The van der Waals surface area contributed by atoms with Gasteiger partial charge in [0.15, 0.2) is 0 Å². The second-order valence-corrected chi connectivity index (χ2v) is 6.30. The Kier molecular flexibility index (Phi) is 5.97. The fraction of sp³-hybridized carbons (Fsp3) is 0.462. The maximum absolute atomic E-state index is 11.9. The highest BCUT2D eigenvalue weighted by Crippen LogP contribution is 2.16. The molecule has 0 heterocycles. The van der Waals surface area contributed by atoms with Crippen LogP contribution >= 0.6 is 0 Å². The van der Waals surface area contributed by atoms with Crippen LogP contribution in [-0.2, 0) is 14.8 Å². The van der Waals surface area contributed by atoms with Crippen molar-refractivity contribution in [3.63, 3.8) is 0 Å². The van der Waals surface area contributed by atoms with Gasteiger partial charge in [-0.05, 0) is 44.5 Å². The third kappa shape index (κ3) is 5.58. The van der Waals surface area contributed by atoms with E-state index in [0.717, 1.165) is 0 Å². The minimum Gasteiger partial charge on any atom is -0.491 e. The predicted molar refractivity (Wildman–Crippen MR) is 74.3 cm³/mol. The number of carbonyl (C=O) groups is 1. The molecule has 112 valence electrons.